The molecular weight excluding hydrogens is 252 g/mol. The van der Waals surface area contributed by atoms with E-state index in [1.165, 1.54) is 51.4 Å². The number of hydrogen-bond donors (Lipinski definition) is 2. The van der Waals surface area contributed by atoms with Gasteiger partial charge in [-0.2, -0.15) is 0 Å². The number of carbonyl (C=O) groups is 1. The van der Waals surface area contributed by atoms with E-state index in [0.717, 1.165) is 12.8 Å². The first-order valence-corrected chi connectivity index (χ1v) is 8.24. The summed E-state index contributed by atoms with van der Waals surface area (Å²) in [6, 6.07) is -0.445. The van der Waals surface area contributed by atoms with Gasteiger partial charge >= 0.3 is 5.97 Å². The molecular formula is C16H34N2O2. The Hall–Kier alpha value is -0.610. The van der Waals surface area contributed by atoms with Crippen LogP contribution in [0.2, 0.25) is 0 Å². The quantitative estimate of drug-likeness (QED) is 0.376. The van der Waals surface area contributed by atoms with E-state index in [1.54, 1.807) is 5.01 Å². The molecule has 1 atom stereocenters. The highest BCUT2D eigenvalue weighted by molar-refractivity contribution is 5.73. The molecule has 0 aliphatic rings. The van der Waals surface area contributed by atoms with Gasteiger partial charge in [-0.05, 0) is 6.42 Å². The van der Waals surface area contributed by atoms with E-state index in [1.807, 2.05) is 14.1 Å². The molecule has 0 radical (unpaired) electrons. The maximum absolute atomic E-state index is 11.0. The number of hydrogen-bond acceptors (Lipinski definition) is 3. The summed E-state index contributed by atoms with van der Waals surface area (Å²) in [5, 5.41) is 10.8. The zero-order valence-corrected chi connectivity index (χ0v) is 13.7. The van der Waals surface area contributed by atoms with Gasteiger partial charge in [0.2, 0.25) is 0 Å². The SMILES string of the molecule is CCCCCCCCCCCCC(NN(C)C)C(=O)O. The van der Waals surface area contributed by atoms with Crippen LogP contribution in [0.5, 0.6) is 0 Å². The lowest BCUT2D eigenvalue weighted by Gasteiger charge is -2.19. The number of nitrogens with one attached hydrogen (secondary N) is 1. The van der Waals surface area contributed by atoms with Crippen molar-refractivity contribution in [3.8, 4) is 0 Å². The van der Waals surface area contributed by atoms with Crippen molar-refractivity contribution in [2.75, 3.05) is 14.1 Å². The molecule has 0 aromatic heterocycles. The van der Waals surface area contributed by atoms with E-state index in [4.69, 9.17) is 5.11 Å². The van der Waals surface area contributed by atoms with E-state index in [9.17, 15) is 4.79 Å². The monoisotopic (exact) mass is 286 g/mol. The number of hydrazine groups is 1. The van der Waals surface area contributed by atoms with Gasteiger partial charge in [0.15, 0.2) is 0 Å². The van der Waals surface area contributed by atoms with Crippen LogP contribution in [0.3, 0.4) is 0 Å². The van der Waals surface area contributed by atoms with Crippen LogP contribution in [0, 0.1) is 0 Å². The first-order chi connectivity index (χ1) is 9.57. The number of carboxylic acid groups (broad SMARTS) is 1. The summed E-state index contributed by atoms with van der Waals surface area (Å²) < 4.78 is 0. The first-order valence-electron chi connectivity index (χ1n) is 8.24. The molecule has 0 spiro atoms. The molecule has 0 rings (SSSR count). The standard InChI is InChI=1S/C16H34N2O2/c1-4-5-6-7-8-9-10-11-12-13-14-15(16(19)20)17-18(2)3/h15,17H,4-14H2,1-3H3,(H,19,20). The average molecular weight is 286 g/mol. The van der Waals surface area contributed by atoms with Crippen molar-refractivity contribution in [1.82, 2.24) is 10.4 Å². The molecule has 0 heterocycles. The molecule has 0 saturated carbocycles. The van der Waals surface area contributed by atoms with Crippen LogP contribution in [0.25, 0.3) is 0 Å². The molecule has 0 aliphatic heterocycles. The molecule has 120 valence electrons. The predicted molar refractivity (Wildman–Crippen MR) is 84.7 cm³/mol. The molecule has 0 amide bonds. The molecule has 0 saturated heterocycles. The van der Waals surface area contributed by atoms with E-state index < -0.39 is 12.0 Å². The van der Waals surface area contributed by atoms with Gasteiger partial charge in [0.05, 0.1) is 0 Å². The molecule has 1 unspecified atom stereocenters. The number of rotatable bonds is 14. The second-order valence-corrected chi connectivity index (χ2v) is 5.89. The van der Waals surface area contributed by atoms with Crippen LogP contribution >= 0.6 is 0 Å². The summed E-state index contributed by atoms with van der Waals surface area (Å²) in [5.41, 5.74) is 2.94. The van der Waals surface area contributed by atoms with Crippen LogP contribution in [-0.4, -0.2) is 36.2 Å². The maximum Gasteiger partial charge on any atom is 0.322 e. The number of nitrogens with zero attached hydrogens (tertiary/aromatic N) is 1. The Morgan fingerprint density at radius 1 is 0.950 bits per heavy atom. The Morgan fingerprint density at radius 3 is 1.80 bits per heavy atom. The lowest BCUT2D eigenvalue weighted by atomic mass is 10.0. The molecule has 0 aromatic carbocycles. The highest BCUT2D eigenvalue weighted by Gasteiger charge is 2.16. The number of aliphatic carboxylic acids is 1. The third-order valence-corrected chi connectivity index (χ3v) is 3.56. The van der Waals surface area contributed by atoms with Crippen LogP contribution in [0.15, 0.2) is 0 Å². The third kappa shape index (κ3) is 12.4. The Balaban J connectivity index is 3.39. The van der Waals surface area contributed by atoms with Crippen molar-refractivity contribution in [2.24, 2.45) is 0 Å². The summed E-state index contributed by atoms with van der Waals surface area (Å²) >= 11 is 0. The second kappa shape index (κ2) is 13.4. The van der Waals surface area contributed by atoms with Gasteiger partial charge < -0.3 is 5.11 Å². The molecule has 2 N–H and O–H groups in total. The van der Waals surface area contributed by atoms with Gasteiger partial charge in [0.1, 0.15) is 6.04 Å². The topological polar surface area (TPSA) is 52.6 Å². The molecule has 0 fully saturated rings. The lowest BCUT2D eigenvalue weighted by Crippen LogP contribution is -2.44. The minimum absolute atomic E-state index is 0.445. The van der Waals surface area contributed by atoms with E-state index in [2.05, 4.69) is 12.3 Å². The molecule has 4 heteroatoms. The van der Waals surface area contributed by atoms with Crippen LogP contribution in [-0.2, 0) is 4.79 Å². The molecule has 0 aliphatic carbocycles. The van der Waals surface area contributed by atoms with Gasteiger partial charge in [-0.1, -0.05) is 71.1 Å². The van der Waals surface area contributed by atoms with E-state index >= 15 is 0 Å². The molecule has 0 aromatic rings. The zero-order chi connectivity index (χ0) is 15.2. The van der Waals surface area contributed by atoms with Crippen molar-refractivity contribution in [2.45, 2.75) is 83.6 Å². The molecule has 0 bridgehead atoms. The van der Waals surface area contributed by atoms with Gasteiger partial charge in [0, 0.05) is 14.1 Å². The predicted octanol–water partition coefficient (Wildman–Crippen LogP) is 3.82. The highest BCUT2D eigenvalue weighted by atomic mass is 16.4. The van der Waals surface area contributed by atoms with Gasteiger partial charge in [-0.25, -0.2) is 10.4 Å². The van der Waals surface area contributed by atoms with Crippen LogP contribution in [0.4, 0.5) is 0 Å². The van der Waals surface area contributed by atoms with Crippen molar-refractivity contribution in [3.63, 3.8) is 0 Å². The van der Waals surface area contributed by atoms with Gasteiger partial charge in [-0.3, -0.25) is 4.79 Å². The summed E-state index contributed by atoms with van der Waals surface area (Å²) in [7, 11) is 3.66. The summed E-state index contributed by atoms with van der Waals surface area (Å²) in [6.45, 7) is 2.25. The Kier molecular flexibility index (Phi) is 13.0. The fraction of sp³-hybridized carbons (Fsp3) is 0.938. The summed E-state index contributed by atoms with van der Waals surface area (Å²) in [6.07, 6.45) is 13.5. The zero-order valence-electron chi connectivity index (χ0n) is 13.7. The number of carboxylic acids is 1. The summed E-state index contributed by atoms with van der Waals surface area (Å²) in [4.78, 5) is 11.0. The minimum Gasteiger partial charge on any atom is -0.480 e. The summed E-state index contributed by atoms with van der Waals surface area (Å²) in [5.74, 6) is -0.755. The Labute approximate surface area is 124 Å². The molecule has 4 nitrogen and oxygen atoms in total. The maximum atomic E-state index is 11.0. The van der Waals surface area contributed by atoms with Crippen molar-refractivity contribution in [3.05, 3.63) is 0 Å². The van der Waals surface area contributed by atoms with Crippen LogP contribution in [0.1, 0.15) is 77.6 Å². The fourth-order valence-electron chi connectivity index (χ4n) is 2.39. The van der Waals surface area contributed by atoms with Gasteiger partial charge in [-0.15, -0.1) is 0 Å². The average Bonchev–Trinajstić information content (AvgIpc) is 2.39. The largest absolute Gasteiger partial charge is 0.480 e. The Morgan fingerprint density at radius 2 is 1.40 bits per heavy atom. The highest BCUT2D eigenvalue weighted by Crippen LogP contribution is 2.12. The van der Waals surface area contributed by atoms with Crippen molar-refractivity contribution in [1.29, 1.82) is 0 Å². The second-order valence-electron chi connectivity index (χ2n) is 5.89. The molecule has 20 heavy (non-hydrogen) atoms. The normalized spacial score (nSPS) is 12.8. The smallest absolute Gasteiger partial charge is 0.322 e. The fourth-order valence-corrected chi connectivity index (χ4v) is 2.39. The Bertz CT molecular complexity index is 233. The van der Waals surface area contributed by atoms with Crippen molar-refractivity contribution < 1.29 is 9.90 Å². The lowest BCUT2D eigenvalue weighted by molar-refractivity contribution is -0.141. The minimum atomic E-state index is -0.755. The van der Waals surface area contributed by atoms with Crippen molar-refractivity contribution >= 4 is 5.97 Å². The van der Waals surface area contributed by atoms with Gasteiger partial charge in [0.25, 0.3) is 0 Å². The van der Waals surface area contributed by atoms with Crippen LogP contribution < -0.4 is 5.43 Å². The first kappa shape index (κ1) is 19.4. The number of unbranched alkanes of at least 4 members (excludes halogenated alkanes) is 9. The van der Waals surface area contributed by atoms with E-state index in [-0.39, 0.29) is 0 Å². The van der Waals surface area contributed by atoms with E-state index in [0.29, 0.717) is 6.42 Å². The third-order valence-electron chi connectivity index (χ3n) is 3.56.